The van der Waals surface area contributed by atoms with Crippen LogP contribution in [0.1, 0.15) is 11.9 Å². The number of aromatic nitrogens is 2. The molecule has 17 heavy (non-hydrogen) atoms. The number of methoxy groups -OCH3 is 2. The van der Waals surface area contributed by atoms with Crippen LogP contribution in [-0.4, -0.2) is 55.1 Å². The number of ether oxygens (including phenoxy) is 2. The highest BCUT2D eigenvalue weighted by atomic mass is 32.1. The first-order chi connectivity index (χ1) is 8.17. The smallest absolute Gasteiger partial charge is 0.203 e. The Bertz CT molecular complexity index is 321. The average molecular weight is 260 g/mol. The van der Waals surface area contributed by atoms with Crippen molar-refractivity contribution in [2.24, 2.45) is 0 Å². The molecule has 0 saturated carbocycles. The largest absolute Gasteiger partial charge is 0.383 e. The third-order valence-corrected chi connectivity index (χ3v) is 3.17. The molecule has 0 aliphatic heterocycles. The minimum absolute atomic E-state index is 0.306. The molecule has 98 valence electrons. The summed E-state index contributed by atoms with van der Waals surface area (Å²) in [6.45, 7) is 5.03. The number of nitrogen functional groups attached to an aromatic ring is 1. The van der Waals surface area contributed by atoms with Gasteiger partial charge in [-0.2, -0.15) is 0 Å². The van der Waals surface area contributed by atoms with E-state index in [0.717, 1.165) is 18.1 Å². The van der Waals surface area contributed by atoms with Crippen LogP contribution in [0.2, 0.25) is 0 Å². The van der Waals surface area contributed by atoms with Gasteiger partial charge >= 0.3 is 0 Å². The Morgan fingerprint density at radius 1 is 1.35 bits per heavy atom. The number of anilines is 1. The lowest BCUT2D eigenvalue weighted by atomic mass is 10.3. The Kier molecular flexibility index (Phi) is 6.35. The van der Waals surface area contributed by atoms with E-state index in [4.69, 9.17) is 15.2 Å². The molecule has 7 heteroatoms. The molecular formula is C10H20N4O2S. The maximum Gasteiger partial charge on any atom is 0.203 e. The molecule has 1 aromatic heterocycles. The third kappa shape index (κ3) is 4.95. The molecule has 0 saturated heterocycles. The van der Waals surface area contributed by atoms with E-state index in [1.165, 1.54) is 11.3 Å². The van der Waals surface area contributed by atoms with E-state index in [2.05, 4.69) is 22.0 Å². The van der Waals surface area contributed by atoms with Gasteiger partial charge in [-0.1, -0.05) is 11.3 Å². The number of hydrogen-bond acceptors (Lipinski definition) is 7. The van der Waals surface area contributed by atoms with Crippen LogP contribution in [0.15, 0.2) is 0 Å². The highest BCUT2D eigenvalue weighted by molar-refractivity contribution is 7.15. The third-order valence-electron chi connectivity index (χ3n) is 2.43. The van der Waals surface area contributed by atoms with Crippen molar-refractivity contribution in [2.45, 2.75) is 19.5 Å². The van der Waals surface area contributed by atoms with Gasteiger partial charge in [0, 0.05) is 26.8 Å². The molecule has 1 rings (SSSR count). The lowest BCUT2D eigenvalue weighted by molar-refractivity contribution is 0.0703. The zero-order valence-electron chi connectivity index (χ0n) is 10.5. The maximum atomic E-state index is 5.57. The monoisotopic (exact) mass is 260 g/mol. The Balaban J connectivity index is 2.55. The van der Waals surface area contributed by atoms with Crippen LogP contribution in [0.5, 0.6) is 0 Å². The van der Waals surface area contributed by atoms with Gasteiger partial charge in [-0.05, 0) is 6.92 Å². The number of nitrogens with zero attached hydrogens (tertiary/aromatic N) is 3. The van der Waals surface area contributed by atoms with Crippen molar-refractivity contribution in [3.8, 4) is 0 Å². The van der Waals surface area contributed by atoms with Crippen LogP contribution in [0.3, 0.4) is 0 Å². The number of hydrogen-bond donors (Lipinski definition) is 1. The van der Waals surface area contributed by atoms with Gasteiger partial charge < -0.3 is 15.2 Å². The van der Waals surface area contributed by atoms with Gasteiger partial charge in [0.25, 0.3) is 0 Å². The highest BCUT2D eigenvalue weighted by Gasteiger charge is 2.16. The molecule has 0 aliphatic carbocycles. The Morgan fingerprint density at radius 3 is 2.65 bits per heavy atom. The summed E-state index contributed by atoms with van der Waals surface area (Å²) in [5, 5.41) is 9.26. The van der Waals surface area contributed by atoms with Gasteiger partial charge in [-0.25, -0.2) is 0 Å². The molecule has 0 amide bonds. The molecule has 1 heterocycles. The van der Waals surface area contributed by atoms with Crippen LogP contribution in [0.25, 0.3) is 0 Å². The molecule has 0 radical (unpaired) electrons. The predicted molar refractivity (Wildman–Crippen MR) is 67.9 cm³/mol. The zero-order valence-corrected chi connectivity index (χ0v) is 11.4. The van der Waals surface area contributed by atoms with E-state index < -0.39 is 0 Å². The van der Waals surface area contributed by atoms with Gasteiger partial charge in [0.05, 0.1) is 19.8 Å². The standard InChI is InChI=1S/C10H20N4O2S/c1-8(7-16-3)14(4-5-15-2)6-9-12-13-10(11)17-9/h8H,4-7H2,1-3H3,(H2,11,13). The van der Waals surface area contributed by atoms with Gasteiger partial charge in [-0.15, -0.1) is 10.2 Å². The van der Waals surface area contributed by atoms with E-state index in [1.807, 2.05) is 0 Å². The summed E-state index contributed by atoms with van der Waals surface area (Å²) in [4.78, 5) is 2.24. The van der Waals surface area contributed by atoms with Crippen molar-refractivity contribution < 1.29 is 9.47 Å². The van der Waals surface area contributed by atoms with Gasteiger partial charge in [-0.3, -0.25) is 4.90 Å². The van der Waals surface area contributed by atoms with Crippen molar-refractivity contribution in [3.63, 3.8) is 0 Å². The SMILES string of the molecule is COCCN(Cc1nnc(N)s1)C(C)COC. The summed E-state index contributed by atoms with van der Waals surface area (Å²) in [5.41, 5.74) is 5.57. The van der Waals surface area contributed by atoms with Crippen LogP contribution < -0.4 is 5.73 Å². The molecular weight excluding hydrogens is 240 g/mol. The fourth-order valence-electron chi connectivity index (χ4n) is 1.51. The van der Waals surface area contributed by atoms with E-state index >= 15 is 0 Å². The molecule has 6 nitrogen and oxygen atoms in total. The maximum absolute atomic E-state index is 5.57. The topological polar surface area (TPSA) is 73.5 Å². The van der Waals surface area contributed by atoms with Crippen molar-refractivity contribution in [1.82, 2.24) is 15.1 Å². The summed E-state index contributed by atoms with van der Waals surface area (Å²) >= 11 is 1.42. The first-order valence-electron chi connectivity index (χ1n) is 5.47. The van der Waals surface area contributed by atoms with Crippen molar-refractivity contribution in [1.29, 1.82) is 0 Å². The fraction of sp³-hybridized carbons (Fsp3) is 0.800. The van der Waals surface area contributed by atoms with E-state index in [9.17, 15) is 0 Å². The fourth-order valence-corrected chi connectivity index (χ4v) is 2.15. The van der Waals surface area contributed by atoms with Crippen molar-refractivity contribution in [3.05, 3.63) is 5.01 Å². The normalized spacial score (nSPS) is 13.2. The predicted octanol–water partition coefficient (Wildman–Crippen LogP) is 0.604. The number of nitrogens with two attached hydrogens (primary N) is 1. The zero-order chi connectivity index (χ0) is 12.7. The summed E-state index contributed by atoms with van der Waals surface area (Å²) in [6, 6.07) is 0.306. The lowest BCUT2D eigenvalue weighted by Gasteiger charge is -2.27. The molecule has 0 aromatic carbocycles. The van der Waals surface area contributed by atoms with Crippen LogP contribution in [0.4, 0.5) is 5.13 Å². The number of rotatable bonds is 8. The first kappa shape index (κ1) is 14.3. The van der Waals surface area contributed by atoms with Gasteiger partial charge in [0.1, 0.15) is 5.01 Å². The molecule has 1 aromatic rings. The summed E-state index contributed by atoms with van der Waals surface area (Å²) < 4.78 is 10.3. The molecule has 0 spiro atoms. The van der Waals surface area contributed by atoms with Gasteiger partial charge in [0.15, 0.2) is 0 Å². The summed E-state index contributed by atoms with van der Waals surface area (Å²) in [6.07, 6.45) is 0. The van der Waals surface area contributed by atoms with Crippen LogP contribution >= 0.6 is 11.3 Å². The molecule has 1 unspecified atom stereocenters. The molecule has 0 fully saturated rings. The molecule has 1 atom stereocenters. The van der Waals surface area contributed by atoms with E-state index in [1.54, 1.807) is 14.2 Å². The molecule has 0 aliphatic rings. The minimum atomic E-state index is 0.306. The Hall–Kier alpha value is -0.760. The highest BCUT2D eigenvalue weighted by Crippen LogP contribution is 2.15. The second kappa shape index (κ2) is 7.54. The average Bonchev–Trinajstić information content (AvgIpc) is 2.70. The lowest BCUT2D eigenvalue weighted by Crippen LogP contribution is -2.38. The summed E-state index contributed by atoms with van der Waals surface area (Å²) in [5.74, 6) is 0. The van der Waals surface area contributed by atoms with E-state index in [0.29, 0.717) is 24.4 Å². The molecule has 0 bridgehead atoms. The molecule has 2 N–H and O–H groups in total. The van der Waals surface area contributed by atoms with Crippen molar-refractivity contribution in [2.75, 3.05) is 39.7 Å². The quantitative estimate of drug-likeness (QED) is 0.738. The Labute approximate surface area is 106 Å². The second-order valence-corrected chi connectivity index (χ2v) is 4.90. The van der Waals surface area contributed by atoms with Crippen LogP contribution in [0, 0.1) is 0 Å². The first-order valence-corrected chi connectivity index (χ1v) is 6.28. The van der Waals surface area contributed by atoms with E-state index in [-0.39, 0.29) is 0 Å². The van der Waals surface area contributed by atoms with Gasteiger partial charge in [0.2, 0.25) is 5.13 Å². The van der Waals surface area contributed by atoms with Crippen LogP contribution in [-0.2, 0) is 16.0 Å². The van der Waals surface area contributed by atoms with Crippen molar-refractivity contribution >= 4 is 16.5 Å². The second-order valence-electron chi connectivity index (χ2n) is 3.80. The Morgan fingerprint density at radius 2 is 2.12 bits per heavy atom. The minimum Gasteiger partial charge on any atom is -0.383 e. The summed E-state index contributed by atoms with van der Waals surface area (Å²) in [7, 11) is 3.40.